The van der Waals surface area contributed by atoms with Crippen molar-refractivity contribution in [3.63, 3.8) is 0 Å². The fourth-order valence-electron chi connectivity index (χ4n) is 2.77. The Morgan fingerprint density at radius 3 is 2.64 bits per heavy atom. The molecule has 0 atom stereocenters. The van der Waals surface area contributed by atoms with Crippen molar-refractivity contribution in [2.24, 2.45) is 0 Å². The molecule has 2 aliphatic rings. The van der Waals surface area contributed by atoms with E-state index in [2.05, 4.69) is 19.6 Å². The highest BCUT2D eigenvalue weighted by Crippen LogP contribution is 2.27. The number of nitrogens with zero attached hydrogens (tertiary/aromatic N) is 3. The van der Waals surface area contributed by atoms with Gasteiger partial charge in [0.15, 0.2) is 5.82 Å². The van der Waals surface area contributed by atoms with Gasteiger partial charge >= 0.3 is 0 Å². The van der Waals surface area contributed by atoms with Crippen LogP contribution in [0.15, 0.2) is 0 Å². The van der Waals surface area contributed by atoms with Crippen molar-refractivity contribution in [3.8, 4) is 0 Å². The van der Waals surface area contributed by atoms with E-state index in [9.17, 15) is 0 Å². The molecule has 3 heterocycles. The van der Waals surface area contributed by atoms with Crippen LogP contribution in [0.3, 0.4) is 0 Å². The highest BCUT2D eigenvalue weighted by atomic mass is 32.1. The summed E-state index contributed by atoms with van der Waals surface area (Å²) in [6, 6.07) is 0. The fourth-order valence-corrected chi connectivity index (χ4v) is 3.47. The minimum absolute atomic E-state index is 0.0981. The van der Waals surface area contributed by atoms with Gasteiger partial charge in [-0.2, -0.15) is 4.37 Å². The Hall–Kier alpha value is -0.800. The molecule has 0 amide bonds. The van der Waals surface area contributed by atoms with E-state index in [1.165, 1.54) is 11.5 Å². The van der Waals surface area contributed by atoms with E-state index in [0.717, 1.165) is 38.0 Å². The molecular weight excluding hydrogens is 304 g/mol. The second kappa shape index (κ2) is 6.37. The van der Waals surface area contributed by atoms with Gasteiger partial charge in [-0.3, -0.25) is 4.90 Å². The van der Waals surface area contributed by atoms with Crippen LogP contribution >= 0.6 is 11.5 Å². The molecule has 0 spiro atoms. The predicted octanol–water partition coefficient (Wildman–Crippen LogP) is 0.933. The Morgan fingerprint density at radius 1 is 1.32 bits per heavy atom. The van der Waals surface area contributed by atoms with Crippen LogP contribution in [0.5, 0.6) is 0 Å². The lowest BCUT2D eigenvalue weighted by Gasteiger charge is -2.49. The molecule has 0 bridgehead atoms. The minimum atomic E-state index is -0.470. The van der Waals surface area contributed by atoms with E-state index in [-0.39, 0.29) is 5.54 Å². The van der Waals surface area contributed by atoms with Crippen LogP contribution in [-0.4, -0.2) is 73.0 Å². The first-order valence-electron chi connectivity index (χ1n) is 7.59. The maximum Gasteiger partial charge on any atom is 0.202 e. The highest BCUT2D eigenvalue weighted by molar-refractivity contribution is 7.09. The lowest BCUT2D eigenvalue weighted by molar-refractivity contribution is -0.135. The minimum Gasteiger partial charge on any atom is -0.378 e. The number of anilines is 1. The summed E-state index contributed by atoms with van der Waals surface area (Å²) in [6.07, 6.45) is 0. The monoisotopic (exact) mass is 328 g/mol. The van der Waals surface area contributed by atoms with E-state index in [1.54, 1.807) is 7.11 Å². The van der Waals surface area contributed by atoms with Gasteiger partial charge in [-0.1, -0.05) is 0 Å². The summed E-state index contributed by atoms with van der Waals surface area (Å²) in [6.45, 7) is 9.57. The van der Waals surface area contributed by atoms with Crippen molar-refractivity contribution in [1.29, 1.82) is 0 Å². The highest BCUT2D eigenvalue weighted by Gasteiger charge is 2.42. The Balaban J connectivity index is 1.66. The number of hydrogen-bond donors (Lipinski definition) is 1. The Morgan fingerprint density at radius 2 is 2.00 bits per heavy atom. The smallest absolute Gasteiger partial charge is 0.202 e. The van der Waals surface area contributed by atoms with Gasteiger partial charge in [0.05, 0.1) is 32.0 Å². The molecule has 3 rings (SSSR count). The molecule has 0 unspecified atom stereocenters. The number of nitrogens with one attached hydrogen (secondary N) is 1. The summed E-state index contributed by atoms with van der Waals surface area (Å²) in [7, 11) is 1.67. The van der Waals surface area contributed by atoms with E-state index in [1.807, 2.05) is 13.8 Å². The molecule has 2 aliphatic heterocycles. The van der Waals surface area contributed by atoms with Crippen LogP contribution in [-0.2, 0) is 19.8 Å². The third-order valence-electron chi connectivity index (χ3n) is 4.47. The SMILES string of the molecule is COC(C)(C)c1nsc(NCC23COCCN2CCOC3)n1. The van der Waals surface area contributed by atoms with Crippen molar-refractivity contribution in [1.82, 2.24) is 14.3 Å². The summed E-state index contributed by atoms with van der Waals surface area (Å²) >= 11 is 1.36. The van der Waals surface area contributed by atoms with E-state index >= 15 is 0 Å². The van der Waals surface area contributed by atoms with Crippen LogP contribution in [0.2, 0.25) is 0 Å². The summed E-state index contributed by atoms with van der Waals surface area (Å²) in [5, 5.41) is 4.22. The largest absolute Gasteiger partial charge is 0.378 e. The third kappa shape index (κ3) is 3.11. The number of fused-ring (bicyclic) bond motifs is 1. The molecule has 0 aromatic carbocycles. The van der Waals surface area contributed by atoms with Crippen LogP contribution in [0.1, 0.15) is 19.7 Å². The average Bonchev–Trinajstić information content (AvgIpc) is 3.03. The topological polar surface area (TPSA) is 68.7 Å². The van der Waals surface area contributed by atoms with Crippen molar-refractivity contribution in [3.05, 3.63) is 5.82 Å². The van der Waals surface area contributed by atoms with Crippen LogP contribution in [0.25, 0.3) is 0 Å². The fraction of sp³-hybridized carbons (Fsp3) is 0.857. The molecule has 0 aliphatic carbocycles. The molecule has 1 N–H and O–H groups in total. The number of morpholine rings is 2. The maximum absolute atomic E-state index is 5.69. The van der Waals surface area contributed by atoms with Gasteiger partial charge in [-0.15, -0.1) is 0 Å². The van der Waals surface area contributed by atoms with Gasteiger partial charge in [0.2, 0.25) is 5.13 Å². The third-order valence-corrected chi connectivity index (χ3v) is 5.14. The summed E-state index contributed by atoms with van der Waals surface area (Å²) < 4.78 is 21.2. The molecule has 8 heteroatoms. The molecule has 7 nitrogen and oxygen atoms in total. The lowest BCUT2D eigenvalue weighted by Crippen LogP contribution is -2.66. The zero-order valence-electron chi connectivity index (χ0n) is 13.4. The van der Waals surface area contributed by atoms with Crippen molar-refractivity contribution < 1.29 is 14.2 Å². The molecular formula is C14H24N4O3S. The molecule has 2 fully saturated rings. The first kappa shape index (κ1) is 16.1. The van der Waals surface area contributed by atoms with Crippen molar-refractivity contribution in [2.45, 2.75) is 25.0 Å². The molecule has 1 aromatic rings. The zero-order chi connectivity index (χ0) is 15.6. The number of aromatic nitrogens is 2. The quantitative estimate of drug-likeness (QED) is 0.862. The number of rotatable bonds is 5. The number of ether oxygens (including phenoxy) is 3. The summed E-state index contributed by atoms with van der Waals surface area (Å²) in [4.78, 5) is 7.01. The van der Waals surface area contributed by atoms with Crippen LogP contribution < -0.4 is 5.32 Å². The zero-order valence-corrected chi connectivity index (χ0v) is 14.2. The van der Waals surface area contributed by atoms with Gasteiger partial charge < -0.3 is 19.5 Å². The molecule has 124 valence electrons. The van der Waals surface area contributed by atoms with Crippen molar-refractivity contribution >= 4 is 16.7 Å². The van der Waals surface area contributed by atoms with E-state index < -0.39 is 5.60 Å². The van der Waals surface area contributed by atoms with Gasteiger partial charge in [0, 0.05) is 38.3 Å². The molecule has 0 radical (unpaired) electrons. The standard InChI is InChI=1S/C14H24N4O3S/c1-13(2,19-3)11-16-12(22-17-11)15-8-14-9-20-6-4-18(14)5-7-21-10-14/h4-10H2,1-3H3,(H,15,16,17). The van der Waals surface area contributed by atoms with Gasteiger partial charge in [-0.05, 0) is 13.8 Å². The summed E-state index contributed by atoms with van der Waals surface area (Å²) in [5.41, 5.74) is -0.568. The molecule has 0 saturated carbocycles. The second-order valence-corrected chi connectivity index (χ2v) is 7.06. The van der Waals surface area contributed by atoms with Crippen LogP contribution in [0, 0.1) is 0 Å². The van der Waals surface area contributed by atoms with Crippen molar-refractivity contribution in [2.75, 3.05) is 58.5 Å². The molecule has 2 saturated heterocycles. The predicted molar refractivity (Wildman–Crippen MR) is 84.4 cm³/mol. The van der Waals surface area contributed by atoms with Gasteiger partial charge in [0.25, 0.3) is 0 Å². The van der Waals surface area contributed by atoms with E-state index in [0.29, 0.717) is 19.0 Å². The molecule has 1 aromatic heterocycles. The van der Waals surface area contributed by atoms with Gasteiger partial charge in [-0.25, -0.2) is 4.98 Å². The molecule has 22 heavy (non-hydrogen) atoms. The maximum atomic E-state index is 5.69. The second-order valence-electron chi connectivity index (χ2n) is 6.31. The van der Waals surface area contributed by atoms with E-state index in [4.69, 9.17) is 14.2 Å². The number of hydrogen-bond acceptors (Lipinski definition) is 8. The van der Waals surface area contributed by atoms with Gasteiger partial charge in [0.1, 0.15) is 5.60 Å². The normalized spacial score (nSPS) is 22.3. The Kier molecular flexibility index (Phi) is 4.65. The Bertz CT molecular complexity index is 496. The average molecular weight is 328 g/mol. The summed E-state index contributed by atoms with van der Waals surface area (Å²) in [5.74, 6) is 0.705. The first-order valence-corrected chi connectivity index (χ1v) is 8.37. The first-order chi connectivity index (χ1) is 10.6. The Labute approximate surface area is 135 Å². The lowest BCUT2D eigenvalue weighted by atomic mass is 9.96. The van der Waals surface area contributed by atoms with Crippen LogP contribution in [0.4, 0.5) is 5.13 Å². The number of methoxy groups -OCH3 is 1.